The molecule has 2 aromatic rings. The Bertz CT molecular complexity index is 673. The lowest BCUT2D eigenvalue weighted by molar-refractivity contribution is -0.0115. The summed E-state index contributed by atoms with van der Waals surface area (Å²) in [7, 11) is 0. The summed E-state index contributed by atoms with van der Waals surface area (Å²) in [6.45, 7) is 7.52. The number of rotatable bonds is 6. The van der Waals surface area contributed by atoms with Crippen LogP contribution in [0.3, 0.4) is 0 Å². The van der Waals surface area contributed by atoms with Gasteiger partial charge >= 0.3 is 5.97 Å². The molecule has 0 fully saturated rings. The molecule has 22 heavy (non-hydrogen) atoms. The number of hydrogen-bond donors (Lipinski definition) is 1. The van der Waals surface area contributed by atoms with E-state index in [-0.39, 0.29) is 12.6 Å². The predicted molar refractivity (Wildman–Crippen MR) is 88.8 cm³/mol. The molecule has 0 amide bonds. The number of aliphatic hydroxyl groups is 1. The van der Waals surface area contributed by atoms with Crippen LogP contribution in [0.1, 0.15) is 30.6 Å². The summed E-state index contributed by atoms with van der Waals surface area (Å²) in [6, 6.07) is 13.4. The van der Waals surface area contributed by atoms with E-state index in [1.54, 1.807) is 12.1 Å². The molecular formula is C19H22O3. The van der Waals surface area contributed by atoms with Crippen LogP contribution in [0.25, 0.3) is 10.8 Å². The van der Waals surface area contributed by atoms with Gasteiger partial charge in [-0.3, -0.25) is 0 Å². The number of benzene rings is 2. The maximum absolute atomic E-state index is 12.2. The summed E-state index contributed by atoms with van der Waals surface area (Å²) in [4.78, 5) is 12.2. The first-order valence-electron chi connectivity index (χ1n) is 7.39. The van der Waals surface area contributed by atoms with Crippen molar-refractivity contribution in [3.8, 4) is 0 Å². The van der Waals surface area contributed by atoms with Crippen LogP contribution in [0.2, 0.25) is 0 Å². The van der Waals surface area contributed by atoms with E-state index in [0.29, 0.717) is 12.0 Å². The third-order valence-corrected chi connectivity index (χ3v) is 3.85. The molecule has 0 radical (unpaired) electrons. The molecule has 0 saturated heterocycles. The van der Waals surface area contributed by atoms with Crippen molar-refractivity contribution in [1.82, 2.24) is 0 Å². The Morgan fingerprint density at radius 1 is 1.27 bits per heavy atom. The van der Waals surface area contributed by atoms with Crippen molar-refractivity contribution in [2.24, 2.45) is 5.41 Å². The first kappa shape index (κ1) is 16.2. The molecule has 0 bridgehead atoms. The summed E-state index contributed by atoms with van der Waals surface area (Å²) in [6.07, 6.45) is 1.55. The SMILES string of the molecule is C=CC[C@H](O)C(C)(C)COC(=O)c1ccc2ccccc2c1. The zero-order valence-electron chi connectivity index (χ0n) is 13.1. The molecule has 1 N–H and O–H groups in total. The van der Waals surface area contributed by atoms with Crippen molar-refractivity contribution in [2.75, 3.05) is 6.61 Å². The minimum Gasteiger partial charge on any atom is -0.461 e. The highest BCUT2D eigenvalue weighted by molar-refractivity contribution is 5.95. The minimum absolute atomic E-state index is 0.160. The van der Waals surface area contributed by atoms with Gasteiger partial charge in [-0.05, 0) is 29.3 Å². The van der Waals surface area contributed by atoms with Crippen LogP contribution in [-0.2, 0) is 4.74 Å². The second-order valence-corrected chi connectivity index (χ2v) is 6.17. The third-order valence-electron chi connectivity index (χ3n) is 3.85. The second-order valence-electron chi connectivity index (χ2n) is 6.17. The van der Waals surface area contributed by atoms with Crippen molar-refractivity contribution < 1.29 is 14.6 Å². The van der Waals surface area contributed by atoms with Gasteiger partial charge < -0.3 is 9.84 Å². The first-order valence-corrected chi connectivity index (χ1v) is 7.39. The monoisotopic (exact) mass is 298 g/mol. The van der Waals surface area contributed by atoms with E-state index in [0.717, 1.165) is 10.8 Å². The number of aliphatic hydroxyl groups excluding tert-OH is 1. The van der Waals surface area contributed by atoms with Crippen molar-refractivity contribution >= 4 is 16.7 Å². The fourth-order valence-corrected chi connectivity index (χ4v) is 2.22. The maximum atomic E-state index is 12.2. The number of hydrogen-bond acceptors (Lipinski definition) is 3. The summed E-state index contributed by atoms with van der Waals surface area (Å²) in [5.74, 6) is -0.371. The van der Waals surface area contributed by atoms with Gasteiger partial charge in [-0.15, -0.1) is 6.58 Å². The van der Waals surface area contributed by atoms with Gasteiger partial charge in [0.05, 0.1) is 18.3 Å². The van der Waals surface area contributed by atoms with Gasteiger partial charge in [0.15, 0.2) is 0 Å². The lowest BCUT2D eigenvalue weighted by atomic mass is 9.86. The van der Waals surface area contributed by atoms with Crippen molar-refractivity contribution in [3.05, 3.63) is 60.7 Å². The number of fused-ring (bicyclic) bond motifs is 1. The van der Waals surface area contributed by atoms with Crippen molar-refractivity contribution in [2.45, 2.75) is 26.4 Å². The Hall–Kier alpha value is -2.13. The van der Waals surface area contributed by atoms with Gasteiger partial charge in [0, 0.05) is 5.41 Å². The quantitative estimate of drug-likeness (QED) is 0.648. The topological polar surface area (TPSA) is 46.5 Å². The molecule has 3 nitrogen and oxygen atoms in total. The van der Waals surface area contributed by atoms with Crippen LogP contribution in [0.5, 0.6) is 0 Å². The van der Waals surface area contributed by atoms with Crippen LogP contribution in [-0.4, -0.2) is 23.8 Å². The average molecular weight is 298 g/mol. The lowest BCUT2D eigenvalue weighted by Crippen LogP contribution is -2.34. The zero-order valence-corrected chi connectivity index (χ0v) is 13.1. The third kappa shape index (κ3) is 3.74. The van der Waals surface area contributed by atoms with Crippen LogP contribution < -0.4 is 0 Å². The molecule has 1 atom stereocenters. The predicted octanol–water partition coefficient (Wildman–Crippen LogP) is 3.96. The molecule has 0 aliphatic heterocycles. The Kier molecular flexibility index (Phi) is 4.99. The van der Waals surface area contributed by atoms with Gasteiger partial charge in [-0.1, -0.05) is 50.3 Å². The number of ether oxygens (including phenoxy) is 1. The molecule has 0 unspecified atom stereocenters. The van der Waals surface area contributed by atoms with E-state index < -0.39 is 11.5 Å². The number of esters is 1. The van der Waals surface area contributed by atoms with Gasteiger partial charge in [0.2, 0.25) is 0 Å². The molecule has 0 heterocycles. The molecule has 3 heteroatoms. The molecule has 0 spiro atoms. The molecule has 116 valence electrons. The lowest BCUT2D eigenvalue weighted by Gasteiger charge is -2.29. The van der Waals surface area contributed by atoms with Crippen LogP contribution >= 0.6 is 0 Å². The Morgan fingerprint density at radius 3 is 2.64 bits per heavy atom. The fourth-order valence-electron chi connectivity index (χ4n) is 2.22. The highest BCUT2D eigenvalue weighted by Gasteiger charge is 2.28. The largest absolute Gasteiger partial charge is 0.461 e. The normalized spacial score (nSPS) is 12.9. The van der Waals surface area contributed by atoms with E-state index >= 15 is 0 Å². The fraction of sp³-hybridized carbons (Fsp3) is 0.316. The van der Waals surface area contributed by atoms with Gasteiger partial charge in [-0.25, -0.2) is 4.79 Å². The second kappa shape index (κ2) is 6.75. The van der Waals surface area contributed by atoms with Crippen LogP contribution in [0, 0.1) is 5.41 Å². The first-order chi connectivity index (χ1) is 10.4. The molecule has 2 rings (SSSR count). The van der Waals surface area contributed by atoms with Gasteiger partial charge in [-0.2, -0.15) is 0 Å². The molecule has 0 saturated carbocycles. The van der Waals surface area contributed by atoms with Gasteiger partial charge in [0.25, 0.3) is 0 Å². The van der Waals surface area contributed by atoms with Crippen LogP contribution in [0.4, 0.5) is 0 Å². The standard InChI is InChI=1S/C19H22O3/c1-4-7-17(20)19(2,3)13-22-18(21)16-11-10-14-8-5-6-9-15(14)12-16/h4-6,8-12,17,20H,1,7,13H2,2-3H3/t17-/m0/s1. The number of carbonyl (C=O) groups is 1. The van der Waals surface area contributed by atoms with Crippen LogP contribution in [0.15, 0.2) is 55.1 Å². The minimum atomic E-state index is -0.589. The number of carbonyl (C=O) groups excluding carboxylic acids is 1. The molecule has 2 aromatic carbocycles. The average Bonchev–Trinajstić information content (AvgIpc) is 2.52. The van der Waals surface area contributed by atoms with E-state index in [9.17, 15) is 9.90 Å². The molecular weight excluding hydrogens is 276 g/mol. The highest BCUT2D eigenvalue weighted by atomic mass is 16.5. The molecule has 0 aliphatic carbocycles. The summed E-state index contributed by atoms with van der Waals surface area (Å²) >= 11 is 0. The van der Waals surface area contributed by atoms with E-state index in [4.69, 9.17) is 4.74 Å². The Balaban J connectivity index is 2.06. The van der Waals surface area contributed by atoms with Crippen molar-refractivity contribution in [3.63, 3.8) is 0 Å². The van der Waals surface area contributed by atoms with E-state index in [1.165, 1.54) is 0 Å². The van der Waals surface area contributed by atoms with Crippen molar-refractivity contribution in [1.29, 1.82) is 0 Å². The highest BCUT2D eigenvalue weighted by Crippen LogP contribution is 2.24. The zero-order chi connectivity index (χ0) is 16.2. The van der Waals surface area contributed by atoms with E-state index in [2.05, 4.69) is 6.58 Å². The smallest absolute Gasteiger partial charge is 0.338 e. The van der Waals surface area contributed by atoms with E-state index in [1.807, 2.05) is 50.2 Å². The molecule has 0 aliphatic rings. The summed E-state index contributed by atoms with van der Waals surface area (Å²) in [5.41, 5.74) is 0.00783. The molecule has 0 aromatic heterocycles. The van der Waals surface area contributed by atoms with Gasteiger partial charge in [0.1, 0.15) is 0 Å². The Morgan fingerprint density at radius 2 is 1.95 bits per heavy atom. The Labute approximate surface area is 131 Å². The maximum Gasteiger partial charge on any atom is 0.338 e. The summed E-state index contributed by atoms with van der Waals surface area (Å²) < 4.78 is 5.38. The summed E-state index contributed by atoms with van der Waals surface area (Å²) in [5, 5.41) is 12.1.